The zero-order chi connectivity index (χ0) is 17.6. The van der Waals surface area contributed by atoms with Gasteiger partial charge in [0.25, 0.3) is 5.56 Å². The average molecular weight is 334 g/mol. The van der Waals surface area contributed by atoms with Crippen molar-refractivity contribution in [1.29, 1.82) is 5.26 Å². The van der Waals surface area contributed by atoms with E-state index in [9.17, 15) is 10.1 Å². The van der Waals surface area contributed by atoms with E-state index in [0.717, 1.165) is 5.56 Å². The van der Waals surface area contributed by atoms with Crippen molar-refractivity contribution in [3.8, 4) is 34.4 Å². The average Bonchev–Trinajstić information content (AvgIpc) is 3.11. The first-order valence-electron chi connectivity index (χ1n) is 7.65. The number of ether oxygens (including phenoxy) is 3. The van der Waals surface area contributed by atoms with Gasteiger partial charge in [-0.05, 0) is 35.9 Å². The summed E-state index contributed by atoms with van der Waals surface area (Å²) < 4.78 is 17.5. The molecule has 0 N–H and O–H groups in total. The summed E-state index contributed by atoms with van der Waals surface area (Å²) in [4.78, 5) is 12.6. The van der Waals surface area contributed by atoms with Gasteiger partial charge in [0.2, 0.25) is 6.79 Å². The van der Waals surface area contributed by atoms with Crippen LogP contribution in [0.3, 0.4) is 0 Å². The summed E-state index contributed by atoms with van der Waals surface area (Å²) in [7, 11) is 3.16. The summed E-state index contributed by atoms with van der Waals surface area (Å²) >= 11 is 0. The predicted molar refractivity (Wildman–Crippen MR) is 92.0 cm³/mol. The van der Waals surface area contributed by atoms with Gasteiger partial charge in [0, 0.05) is 23.4 Å². The van der Waals surface area contributed by atoms with Gasteiger partial charge in [-0.15, -0.1) is 0 Å². The lowest BCUT2D eigenvalue weighted by atomic mass is 9.96. The largest absolute Gasteiger partial charge is 0.497 e. The number of rotatable bonds is 2. The first-order chi connectivity index (χ1) is 12.1. The van der Waals surface area contributed by atoms with Crippen LogP contribution in [0.2, 0.25) is 0 Å². The molecule has 25 heavy (non-hydrogen) atoms. The normalized spacial score (nSPS) is 12.2. The Hall–Kier alpha value is -3.46. The Balaban J connectivity index is 2.13. The van der Waals surface area contributed by atoms with E-state index in [2.05, 4.69) is 6.07 Å². The van der Waals surface area contributed by atoms with Crippen LogP contribution in [-0.4, -0.2) is 18.5 Å². The van der Waals surface area contributed by atoms with Crippen LogP contribution in [-0.2, 0) is 7.05 Å². The minimum absolute atomic E-state index is 0.172. The third-order valence-corrected chi connectivity index (χ3v) is 4.37. The smallest absolute Gasteiger partial charge is 0.259 e. The standard InChI is InChI=1S/C19H14N2O4/c1-21-15(9-20)18(11-3-6-16-17(7-11)25-10-24-16)14-8-12(23-2)4-5-13(14)19(21)22/h3-8H,10H2,1-2H3. The molecule has 1 aliphatic rings. The fourth-order valence-corrected chi connectivity index (χ4v) is 3.10. The van der Waals surface area contributed by atoms with Crippen molar-refractivity contribution < 1.29 is 14.2 Å². The Labute approximate surface area is 143 Å². The van der Waals surface area contributed by atoms with E-state index in [4.69, 9.17) is 14.2 Å². The molecule has 0 saturated carbocycles. The molecule has 2 aromatic carbocycles. The number of aromatic nitrogens is 1. The van der Waals surface area contributed by atoms with Crippen molar-refractivity contribution in [3.63, 3.8) is 0 Å². The summed E-state index contributed by atoms with van der Waals surface area (Å²) in [5, 5.41) is 10.9. The molecule has 0 amide bonds. The Bertz CT molecular complexity index is 1110. The molecule has 0 bridgehead atoms. The molecular weight excluding hydrogens is 320 g/mol. The van der Waals surface area contributed by atoms with Crippen molar-refractivity contribution >= 4 is 10.8 Å². The number of nitrogens with zero attached hydrogens (tertiary/aromatic N) is 2. The van der Waals surface area contributed by atoms with Gasteiger partial charge in [-0.25, -0.2) is 0 Å². The maximum absolute atomic E-state index is 12.6. The molecule has 6 heteroatoms. The minimum Gasteiger partial charge on any atom is -0.497 e. The molecule has 0 unspecified atom stereocenters. The molecule has 6 nitrogen and oxygen atoms in total. The highest BCUT2D eigenvalue weighted by molar-refractivity contribution is 5.99. The zero-order valence-corrected chi connectivity index (χ0v) is 13.7. The molecular formula is C19H14N2O4. The van der Waals surface area contributed by atoms with Gasteiger partial charge >= 0.3 is 0 Å². The third-order valence-electron chi connectivity index (χ3n) is 4.37. The first-order valence-corrected chi connectivity index (χ1v) is 7.65. The second-order valence-electron chi connectivity index (χ2n) is 5.68. The Kier molecular flexibility index (Phi) is 3.36. The molecule has 0 atom stereocenters. The monoisotopic (exact) mass is 334 g/mol. The molecule has 0 aliphatic carbocycles. The van der Waals surface area contributed by atoms with Crippen LogP contribution in [0.5, 0.6) is 17.2 Å². The molecule has 1 aliphatic heterocycles. The summed E-state index contributed by atoms with van der Waals surface area (Å²) in [5.74, 6) is 1.90. The van der Waals surface area contributed by atoms with Gasteiger partial charge in [-0.1, -0.05) is 6.07 Å². The van der Waals surface area contributed by atoms with E-state index >= 15 is 0 Å². The molecule has 0 fully saturated rings. The van der Waals surface area contributed by atoms with Crippen molar-refractivity contribution in [2.75, 3.05) is 13.9 Å². The number of fused-ring (bicyclic) bond motifs is 2. The maximum Gasteiger partial charge on any atom is 0.259 e. The van der Waals surface area contributed by atoms with Crippen molar-refractivity contribution in [3.05, 3.63) is 52.4 Å². The molecule has 4 rings (SSSR count). The van der Waals surface area contributed by atoms with E-state index in [1.807, 2.05) is 12.1 Å². The van der Waals surface area contributed by atoms with Gasteiger partial charge in [0.15, 0.2) is 11.5 Å². The van der Waals surface area contributed by atoms with Gasteiger partial charge in [-0.2, -0.15) is 5.26 Å². The van der Waals surface area contributed by atoms with E-state index in [1.165, 1.54) is 4.57 Å². The summed E-state index contributed by atoms with van der Waals surface area (Å²) in [6, 6.07) is 12.9. The van der Waals surface area contributed by atoms with E-state index < -0.39 is 0 Å². The molecule has 2 heterocycles. The fourth-order valence-electron chi connectivity index (χ4n) is 3.10. The lowest BCUT2D eigenvalue weighted by Crippen LogP contribution is -2.20. The Morgan fingerprint density at radius 1 is 1.12 bits per heavy atom. The zero-order valence-electron chi connectivity index (χ0n) is 13.7. The molecule has 1 aromatic heterocycles. The SMILES string of the molecule is COc1ccc2c(=O)n(C)c(C#N)c(-c3ccc4c(c3)OCO4)c2c1. The fraction of sp³-hybridized carbons (Fsp3) is 0.158. The number of methoxy groups -OCH3 is 1. The summed E-state index contributed by atoms with van der Waals surface area (Å²) in [6.07, 6.45) is 0. The number of benzene rings is 2. The van der Waals surface area contributed by atoms with Crippen molar-refractivity contribution in [2.24, 2.45) is 7.05 Å². The van der Waals surface area contributed by atoms with E-state index in [0.29, 0.717) is 33.6 Å². The van der Waals surface area contributed by atoms with Gasteiger partial charge in [0.1, 0.15) is 17.5 Å². The Morgan fingerprint density at radius 2 is 1.92 bits per heavy atom. The van der Waals surface area contributed by atoms with Crippen LogP contribution in [0.4, 0.5) is 0 Å². The third kappa shape index (κ3) is 2.21. The van der Waals surface area contributed by atoms with Gasteiger partial charge in [-0.3, -0.25) is 4.79 Å². The number of hydrogen-bond donors (Lipinski definition) is 0. The van der Waals surface area contributed by atoms with Crippen molar-refractivity contribution in [2.45, 2.75) is 0 Å². The minimum atomic E-state index is -0.223. The van der Waals surface area contributed by atoms with Crippen LogP contribution in [0.1, 0.15) is 5.69 Å². The maximum atomic E-state index is 12.6. The lowest BCUT2D eigenvalue weighted by Gasteiger charge is -2.14. The number of hydrogen-bond acceptors (Lipinski definition) is 5. The van der Waals surface area contributed by atoms with Crippen LogP contribution < -0.4 is 19.8 Å². The van der Waals surface area contributed by atoms with Gasteiger partial charge < -0.3 is 18.8 Å². The van der Waals surface area contributed by atoms with Crippen LogP contribution >= 0.6 is 0 Å². The first kappa shape index (κ1) is 15.1. The molecule has 0 spiro atoms. The predicted octanol–water partition coefficient (Wildman–Crippen LogP) is 2.81. The molecule has 124 valence electrons. The molecule has 0 saturated heterocycles. The second-order valence-corrected chi connectivity index (χ2v) is 5.68. The topological polar surface area (TPSA) is 73.5 Å². The molecule has 0 radical (unpaired) electrons. The number of pyridine rings is 1. The van der Waals surface area contributed by atoms with E-state index in [1.54, 1.807) is 38.4 Å². The molecule has 3 aromatic rings. The quantitative estimate of drug-likeness (QED) is 0.720. The van der Waals surface area contributed by atoms with Crippen LogP contribution in [0, 0.1) is 11.3 Å². The summed E-state index contributed by atoms with van der Waals surface area (Å²) in [6.45, 7) is 0.172. The summed E-state index contributed by atoms with van der Waals surface area (Å²) in [5.41, 5.74) is 1.50. The number of nitriles is 1. The Morgan fingerprint density at radius 3 is 2.68 bits per heavy atom. The van der Waals surface area contributed by atoms with E-state index in [-0.39, 0.29) is 18.0 Å². The lowest BCUT2D eigenvalue weighted by molar-refractivity contribution is 0.174. The van der Waals surface area contributed by atoms with Crippen LogP contribution in [0.15, 0.2) is 41.2 Å². The second kappa shape index (κ2) is 5.56. The van der Waals surface area contributed by atoms with Gasteiger partial charge in [0.05, 0.1) is 7.11 Å². The van der Waals surface area contributed by atoms with Crippen molar-refractivity contribution in [1.82, 2.24) is 4.57 Å². The highest BCUT2D eigenvalue weighted by Crippen LogP contribution is 2.39. The van der Waals surface area contributed by atoms with Crippen LogP contribution in [0.25, 0.3) is 21.9 Å². The highest BCUT2D eigenvalue weighted by atomic mass is 16.7. The highest BCUT2D eigenvalue weighted by Gasteiger charge is 2.20.